The normalized spacial score (nSPS) is 9.56. The number of halogens is 1. The third kappa shape index (κ3) is 2.47. The number of nitrogens with zero attached hydrogens (tertiary/aromatic N) is 3. The van der Waals surface area contributed by atoms with Crippen molar-refractivity contribution in [1.82, 2.24) is 10.2 Å². The molecule has 5 nitrogen and oxygen atoms in total. The number of amides is 1. The topological polar surface area (TPSA) is 78.7 Å². The molecule has 0 bridgehead atoms. The van der Waals surface area contributed by atoms with E-state index in [9.17, 15) is 9.18 Å². The Hall–Kier alpha value is -2.81. The maximum atomic E-state index is 13.1. The van der Waals surface area contributed by atoms with Crippen LogP contribution in [0.15, 0.2) is 36.7 Å². The van der Waals surface area contributed by atoms with Gasteiger partial charge in [0.05, 0.1) is 23.5 Å². The summed E-state index contributed by atoms with van der Waals surface area (Å²) in [5.74, 6) is -1.03. The van der Waals surface area contributed by atoms with Gasteiger partial charge < -0.3 is 5.32 Å². The van der Waals surface area contributed by atoms with Crippen LogP contribution in [0.2, 0.25) is 0 Å². The van der Waals surface area contributed by atoms with Crippen molar-refractivity contribution in [3.8, 4) is 6.07 Å². The summed E-state index contributed by atoms with van der Waals surface area (Å²) < 4.78 is 13.1. The molecule has 1 aromatic heterocycles. The Morgan fingerprint density at radius 2 is 2.17 bits per heavy atom. The highest BCUT2D eigenvalue weighted by Crippen LogP contribution is 2.14. The predicted octanol–water partition coefficient (Wildman–Crippen LogP) is 1.74. The molecule has 1 N–H and O–H groups in total. The van der Waals surface area contributed by atoms with Gasteiger partial charge in [0.15, 0.2) is 0 Å². The van der Waals surface area contributed by atoms with Crippen LogP contribution in [-0.2, 0) is 0 Å². The molecule has 2 rings (SSSR count). The second-order valence-corrected chi connectivity index (χ2v) is 3.39. The Labute approximate surface area is 102 Å². The fourth-order valence-electron chi connectivity index (χ4n) is 1.32. The lowest BCUT2D eigenvalue weighted by atomic mass is 10.2. The van der Waals surface area contributed by atoms with Gasteiger partial charge in [0, 0.05) is 5.69 Å². The SMILES string of the molecule is N#Cc1cc(NC(=O)c2ccnnc2)ccc1F. The van der Waals surface area contributed by atoms with Crippen LogP contribution in [0.4, 0.5) is 10.1 Å². The summed E-state index contributed by atoms with van der Waals surface area (Å²) in [6.45, 7) is 0. The molecule has 2 aromatic rings. The smallest absolute Gasteiger partial charge is 0.257 e. The average Bonchev–Trinajstić information content (AvgIpc) is 2.42. The highest BCUT2D eigenvalue weighted by Gasteiger charge is 2.08. The molecule has 0 atom stereocenters. The maximum absolute atomic E-state index is 13.1. The van der Waals surface area contributed by atoms with Crippen LogP contribution >= 0.6 is 0 Å². The summed E-state index contributed by atoms with van der Waals surface area (Å²) in [5, 5.41) is 18.3. The van der Waals surface area contributed by atoms with Crippen molar-refractivity contribution >= 4 is 11.6 Å². The molecule has 1 heterocycles. The van der Waals surface area contributed by atoms with Crippen LogP contribution in [0.25, 0.3) is 0 Å². The van der Waals surface area contributed by atoms with E-state index in [1.807, 2.05) is 0 Å². The Morgan fingerprint density at radius 1 is 1.33 bits per heavy atom. The van der Waals surface area contributed by atoms with Crippen molar-refractivity contribution in [1.29, 1.82) is 5.26 Å². The molecule has 6 heteroatoms. The lowest BCUT2D eigenvalue weighted by Gasteiger charge is -2.05. The first-order valence-electron chi connectivity index (χ1n) is 4.98. The van der Waals surface area contributed by atoms with Gasteiger partial charge in [-0.2, -0.15) is 15.5 Å². The van der Waals surface area contributed by atoms with E-state index in [1.165, 1.54) is 30.6 Å². The first-order valence-corrected chi connectivity index (χ1v) is 4.98. The molecule has 0 aliphatic carbocycles. The van der Waals surface area contributed by atoms with Crippen molar-refractivity contribution in [2.24, 2.45) is 0 Å². The predicted molar refractivity (Wildman–Crippen MR) is 61.1 cm³/mol. The van der Waals surface area contributed by atoms with Crippen LogP contribution in [0.5, 0.6) is 0 Å². The molecule has 0 saturated heterocycles. The second kappa shape index (κ2) is 5.01. The first-order chi connectivity index (χ1) is 8.70. The largest absolute Gasteiger partial charge is 0.322 e. The molecule has 1 aromatic carbocycles. The lowest BCUT2D eigenvalue weighted by Crippen LogP contribution is -2.12. The molecule has 0 aliphatic rings. The average molecular weight is 242 g/mol. The van der Waals surface area contributed by atoms with Gasteiger partial charge in [-0.15, -0.1) is 0 Å². The molecule has 0 aliphatic heterocycles. The van der Waals surface area contributed by atoms with Crippen molar-refractivity contribution in [2.75, 3.05) is 5.32 Å². The third-order valence-corrected chi connectivity index (χ3v) is 2.19. The molecule has 0 radical (unpaired) electrons. The summed E-state index contributed by atoms with van der Waals surface area (Å²) in [6.07, 6.45) is 2.70. The zero-order valence-electron chi connectivity index (χ0n) is 9.09. The van der Waals surface area contributed by atoms with E-state index in [2.05, 4.69) is 15.5 Å². The van der Waals surface area contributed by atoms with Crippen LogP contribution in [0.1, 0.15) is 15.9 Å². The summed E-state index contributed by atoms with van der Waals surface area (Å²) in [7, 11) is 0. The zero-order chi connectivity index (χ0) is 13.0. The highest BCUT2D eigenvalue weighted by molar-refractivity contribution is 6.04. The van der Waals surface area contributed by atoms with E-state index in [0.29, 0.717) is 11.3 Å². The van der Waals surface area contributed by atoms with Crippen molar-refractivity contribution in [2.45, 2.75) is 0 Å². The Balaban J connectivity index is 2.20. The van der Waals surface area contributed by atoms with Gasteiger partial charge in [-0.1, -0.05) is 0 Å². The number of anilines is 1. The van der Waals surface area contributed by atoms with Gasteiger partial charge in [-0.05, 0) is 24.3 Å². The van der Waals surface area contributed by atoms with Crippen molar-refractivity contribution in [3.63, 3.8) is 0 Å². The molecule has 0 fully saturated rings. The van der Waals surface area contributed by atoms with E-state index in [4.69, 9.17) is 5.26 Å². The number of aromatic nitrogens is 2. The number of nitriles is 1. The summed E-state index contributed by atoms with van der Waals surface area (Å²) >= 11 is 0. The molecular formula is C12H7FN4O. The third-order valence-electron chi connectivity index (χ3n) is 2.19. The van der Waals surface area contributed by atoms with Crippen molar-refractivity contribution in [3.05, 3.63) is 53.6 Å². The number of carbonyl (C=O) groups excluding carboxylic acids is 1. The quantitative estimate of drug-likeness (QED) is 0.869. The van der Waals surface area contributed by atoms with Crippen LogP contribution < -0.4 is 5.32 Å². The monoisotopic (exact) mass is 242 g/mol. The van der Waals surface area contributed by atoms with Gasteiger partial charge >= 0.3 is 0 Å². The molecule has 18 heavy (non-hydrogen) atoms. The van der Waals surface area contributed by atoms with Gasteiger partial charge in [-0.25, -0.2) is 4.39 Å². The van der Waals surface area contributed by atoms with Crippen LogP contribution in [-0.4, -0.2) is 16.1 Å². The number of hydrogen-bond acceptors (Lipinski definition) is 4. The van der Waals surface area contributed by atoms with E-state index < -0.39 is 11.7 Å². The standard InChI is InChI=1S/C12H7FN4O/c13-11-2-1-10(5-9(11)6-14)17-12(18)8-3-4-15-16-7-8/h1-5,7H,(H,17,18). The zero-order valence-corrected chi connectivity index (χ0v) is 9.09. The number of carbonyl (C=O) groups is 1. The lowest BCUT2D eigenvalue weighted by molar-refractivity contribution is 0.102. The molecule has 0 spiro atoms. The summed E-state index contributed by atoms with van der Waals surface area (Å²) in [4.78, 5) is 11.7. The Kier molecular flexibility index (Phi) is 3.25. The van der Waals surface area contributed by atoms with Crippen molar-refractivity contribution < 1.29 is 9.18 Å². The van der Waals surface area contributed by atoms with Gasteiger partial charge in [0.2, 0.25) is 0 Å². The number of hydrogen-bond donors (Lipinski definition) is 1. The summed E-state index contributed by atoms with van der Waals surface area (Å²) in [6, 6.07) is 6.96. The second-order valence-electron chi connectivity index (χ2n) is 3.39. The number of nitrogens with one attached hydrogen (secondary N) is 1. The van der Waals surface area contributed by atoms with Gasteiger partial charge in [0.1, 0.15) is 11.9 Å². The first kappa shape index (κ1) is 11.7. The fraction of sp³-hybridized carbons (Fsp3) is 0. The van der Waals surface area contributed by atoms with Gasteiger partial charge in [0.25, 0.3) is 5.91 Å². The number of benzene rings is 1. The minimum atomic E-state index is -0.624. The molecule has 88 valence electrons. The maximum Gasteiger partial charge on any atom is 0.257 e. The fourth-order valence-corrected chi connectivity index (χ4v) is 1.32. The Bertz CT molecular complexity index is 622. The minimum Gasteiger partial charge on any atom is -0.322 e. The van der Waals surface area contributed by atoms with Crippen LogP contribution in [0, 0.1) is 17.1 Å². The summed E-state index contributed by atoms with van der Waals surface area (Å²) in [5.41, 5.74) is 0.545. The Morgan fingerprint density at radius 3 is 2.83 bits per heavy atom. The van der Waals surface area contributed by atoms with E-state index in [0.717, 1.165) is 6.07 Å². The molecule has 0 saturated carbocycles. The van der Waals surface area contributed by atoms with E-state index in [-0.39, 0.29) is 5.56 Å². The van der Waals surface area contributed by atoms with E-state index in [1.54, 1.807) is 6.07 Å². The molecule has 0 unspecified atom stereocenters. The molecular weight excluding hydrogens is 235 g/mol. The number of rotatable bonds is 2. The minimum absolute atomic E-state index is 0.124. The van der Waals surface area contributed by atoms with Crippen LogP contribution in [0.3, 0.4) is 0 Å². The van der Waals surface area contributed by atoms with E-state index >= 15 is 0 Å². The highest BCUT2D eigenvalue weighted by atomic mass is 19.1. The molecule has 1 amide bonds. The van der Waals surface area contributed by atoms with Gasteiger partial charge in [-0.3, -0.25) is 4.79 Å².